The van der Waals surface area contributed by atoms with Crippen molar-refractivity contribution >= 4 is 31.9 Å². The number of hydrogen-bond donors (Lipinski definition) is 1. The first-order valence-electron chi connectivity index (χ1n) is 5.88. The molecule has 0 aliphatic heterocycles. The van der Waals surface area contributed by atoms with Gasteiger partial charge in [0.1, 0.15) is 0 Å². The molecular weight excluding hydrogens is 354 g/mol. The third kappa shape index (κ3) is 3.94. The molecule has 0 bridgehead atoms. The second-order valence-electron chi connectivity index (χ2n) is 4.28. The average molecular weight is 369 g/mol. The van der Waals surface area contributed by atoms with Gasteiger partial charge in [0.15, 0.2) is 0 Å². The predicted octanol–water partition coefficient (Wildman–Crippen LogP) is 5.06. The normalized spacial score (nSPS) is 12.4. The Bertz CT molecular complexity index is 491. The molecule has 0 amide bonds. The lowest BCUT2D eigenvalue weighted by atomic mass is 10.1. The minimum atomic E-state index is 0.349. The molecular formula is C15H15Br2N. The van der Waals surface area contributed by atoms with E-state index in [1.54, 1.807) is 0 Å². The maximum absolute atomic E-state index is 3.52. The third-order valence-corrected chi connectivity index (χ3v) is 3.95. The van der Waals surface area contributed by atoms with Gasteiger partial charge in [0, 0.05) is 21.5 Å². The summed E-state index contributed by atoms with van der Waals surface area (Å²) in [7, 11) is 0. The van der Waals surface area contributed by atoms with Gasteiger partial charge in [-0.15, -0.1) is 0 Å². The van der Waals surface area contributed by atoms with Crippen molar-refractivity contribution in [1.82, 2.24) is 5.32 Å². The van der Waals surface area contributed by atoms with Crippen molar-refractivity contribution in [3.05, 3.63) is 68.6 Å². The Balaban J connectivity index is 1.93. The van der Waals surface area contributed by atoms with E-state index in [1.807, 2.05) is 0 Å². The molecule has 0 fully saturated rings. The van der Waals surface area contributed by atoms with Gasteiger partial charge in [0.25, 0.3) is 0 Å². The Morgan fingerprint density at radius 1 is 0.889 bits per heavy atom. The van der Waals surface area contributed by atoms with Gasteiger partial charge in [0.2, 0.25) is 0 Å². The highest BCUT2D eigenvalue weighted by atomic mass is 79.9. The van der Waals surface area contributed by atoms with E-state index in [4.69, 9.17) is 0 Å². The van der Waals surface area contributed by atoms with E-state index in [2.05, 4.69) is 92.6 Å². The summed E-state index contributed by atoms with van der Waals surface area (Å²) >= 11 is 6.90. The fourth-order valence-corrected chi connectivity index (χ4v) is 2.27. The molecule has 0 heterocycles. The number of nitrogens with one attached hydrogen (secondary N) is 1. The van der Waals surface area contributed by atoms with E-state index in [1.165, 1.54) is 11.1 Å². The lowest BCUT2D eigenvalue weighted by Crippen LogP contribution is -2.17. The minimum absolute atomic E-state index is 0.349. The Morgan fingerprint density at radius 3 is 1.94 bits per heavy atom. The van der Waals surface area contributed by atoms with Gasteiger partial charge < -0.3 is 5.32 Å². The van der Waals surface area contributed by atoms with Crippen molar-refractivity contribution in [3.63, 3.8) is 0 Å². The molecule has 18 heavy (non-hydrogen) atoms. The van der Waals surface area contributed by atoms with E-state index in [0.29, 0.717) is 6.04 Å². The maximum atomic E-state index is 3.52. The van der Waals surface area contributed by atoms with Crippen LogP contribution in [0.3, 0.4) is 0 Å². The van der Waals surface area contributed by atoms with Crippen LogP contribution in [0.15, 0.2) is 57.5 Å². The molecule has 2 aromatic carbocycles. The second-order valence-corrected chi connectivity index (χ2v) is 6.11. The zero-order chi connectivity index (χ0) is 13.0. The Hall–Kier alpha value is -0.640. The van der Waals surface area contributed by atoms with E-state index >= 15 is 0 Å². The van der Waals surface area contributed by atoms with Crippen LogP contribution < -0.4 is 5.32 Å². The summed E-state index contributed by atoms with van der Waals surface area (Å²) in [4.78, 5) is 0. The molecule has 1 N–H and O–H groups in total. The first-order valence-corrected chi connectivity index (χ1v) is 7.47. The van der Waals surface area contributed by atoms with Crippen molar-refractivity contribution < 1.29 is 0 Å². The van der Waals surface area contributed by atoms with Crippen molar-refractivity contribution in [2.24, 2.45) is 0 Å². The summed E-state index contributed by atoms with van der Waals surface area (Å²) in [6.07, 6.45) is 0. The average Bonchev–Trinajstić information content (AvgIpc) is 2.38. The van der Waals surface area contributed by atoms with Crippen molar-refractivity contribution in [2.45, 2.75) is 19.5 Å². The van der Waals surface area contributed by atoms with E-state index < -0.39 is 0 Å². The van der Waals surface area contributed by atoms with Crippen LogP contribution in [0.5, 0.6) is 0 Å². The number of rotatable bonds is 4. The highest BCUT2D eigenvalue weighted by molar-refractivity contribution is 9.10. The number of benzene rings is 2. The largest absolute Gasteiger partial charge is 0.306 e. The Kier molecular flexibility index (Phi) is 4.98. The lowest BCUT2D eigenvalue weighted by Gasteiger charge is -2.14. The summed E-state index contributed by atoms with van der Waals surface area (Å²) in [5.74, 6) is 0. The summed E-state index contributed by atoms with van der Waals surface area (Å²) in [6, 6.07) is 17.2. The van der Waals surface area contributed by atoms with Gasteiger partial charge in [-0.3, -0.25) is 0 Å². The summed E-state index contributed by atoms with van der Waals surface area (Å²) < 4.78 is 2.23. The molecule has 3 heteroatoms. The standard InChI is InChI=1S/C15H15Br2N/c1-11(13-4-8-15(17)9-5-13)18-10-12-2-6-14(16)7-3-12/h2-9,11,18H,10H2,1H3/t11-/m0/s1. The van der Waals surface area contributed by atoms with Crippen LogP contribution in [-0.2, 0) is 6.54 Å². The smallest absolute Gasteiger partial charge is 0.0294 e. The molecule has 0 spiro atoms. The van der Waals surface area contributed by atoms with Crippen LogP contribution in [0, 0.1) is 0 Å². The molecule has 0 aromatic heterocycles. The van der Waals surface area contributed by atoms with E-state index in [-0.39, 0.29) is 0 Å². The lowest BCUT2D eigenvalue weighted by molar-refractivity contribution is 0.574. The number of hydrogen-bond acceptors (Lipinski definition) is 1. The molecule has 2 rings (SSSR count). The molecule has 0 saturated carbocycles. The van der Waals surface area contributed by atoms with Gasteiger partial charge in [-0.2, -0.15) is 0 Å². The van der Waals surface area contributed by atoms with Crippen LogP contribution in [-0.4, -0.2) is 0 Å². The summed E-state index contributed by atoms with van der Waals surface area (Å²) in [5, 5.41) is 3.52. The van der Waals surface area contributed by atoms with E-state index in [0.717, 1.165) is 15.5 Å². The van der Waals surface area contributed by atoms with Gasteiger partial charge in [-0.1, -0.05) is 56.1 Å². The second kappa shape index (κ2) is 6.50. The SMILES string of the molecule is C[C@H](NCc1ccc(Br)cc1)c1ccc(Br)cc1. The van der Waals surface area contributed by atoms with Crippen molar-refractivity contribution in [2.75, 3.05) is 0 Å². The molecule has 1 nitrogen and oxygen atoms in total. The zero-order valence-electron chi connectivity index (χ0n) is 10.2. The highest BCUT2D eigenvalue weighted by Crippen LogP contribution is 2.17. The van der Waals surface area contributed by atoms with Gasteiger partial charge in [0.05, 0.1) is 0 Å². The predicted molar refractivity (Wildman–Crippen MR) is 83.5 cm³/mol. The quantitative estimate of drug-likeness (QED) is 0.794. The molecule has 0 aliphatic rings. The fraction of sp³-hybridized carbons (Fsp3) is 0.200. The molecule has 2 aromatic rings. The number of halogens is 2. The van der Waals surface area contributed by atoms with Crippen LogP contribution >= 0.6 is 31.9 Å². The zero-order valence-corrected chi connectivity index (χ0v) is 13.3. The van der Waals surface area contributed by atoms with Crippen LogP contribution in [0.2, 0.25) is 0 Å². The molecule has 0 aliphatic carbocycles. The van der Waals surface area contributed by atoms with Gasteiger partial charge >= 0.3 is 0 Å². The maximum Gasteiger partial charge on any atom is 0.0294 e. The fourth-order valence-electron chi connectivity index (χ4n) is 1.74. The molecule has 0 saturated heterocycles. The molecule has 94 valence electrons. The van der Waals surface area contributed by atoms with Crippen LogP contribution in [0.1, 0.15) is 24.1 Å². The Morgan fingerprint density at radius 2 is 1.39 bits per heavy atom. The molecule has 0 unspecified atom stereocenters. The monoisotopic (exact) mass is 367 g/mol. The third-order valence-electron chi connectivity index (χ3n) is 2.90. The Labute approximate surface area is 125 Å². The van der Waals surface area contributed by atoms with Crippen molar-refractivity contribution in [3.8, 4) is 0 Å². The van der Waals surface area contributed by atoms with E-state index in [9.17, 15) is 0 Å². The summed E-state index contributed by atoms with van der Waals surface area (Å²) in [6.45, 7) is 3.06. The molecule has 1 atom stereocenters. The van der Waals surface area contributed by atoms with Crippen LogP contribution in [0.4, 0.5) is 0 Å². The first-order chi connectivity index (χ1) is 8.65. The molecule has 0 radical (unpaired) electrons. The van der Waals surface area contributed by atoms with Crippen LogP contribution in [0.25, 0.3) is 0 Å². The first kappa shape index (κ1) is 13.8. The summed E-state index contributed by atoms with van der Waals surface area (Å²) in [5.41, 5.74) is 2.59. The van der Waals surface area contributed by atoms with Gasteiger partial charge in [-0.05, 0) is 42.3 Å². The van der Waals surface area contributed by atoms with Crippen molar-refractivity contribution in [1.29, 1.82) is 0 Å². The highest BCUT2D eigenvalue weighted by Gasteiger charge is 2.04. The minimum Gasteiger partial charge on any atom is -0.306 e. The topological polar surface area (TPSA) is 12.0 Å². The van der Waals surface area contributed by atoms with Gasteiger partial charge in [-0.25, -0.2) is 0 Å².